The molecule has 0 bridgehead atoms. The Kier molecular flexibility index (Phi) is 5.30. The lowest BCUT2D eigenvalue weighted by atomic mass is 9.98. The minimum absolute atomic E-state index is 0.208. The van der Waals surface area contributed by atoms with Gasteiger partial charge in [-0.1, -0.05) is 11.8 Å². The van der Waals surface area contributed by atoms with Crippen LogP contribution in [-0.4, -0.2) is 34.6 Å². The van der Waals surface area contributed by atoms with Gasteiger partial charge in [-0.25, -0.2) is 0 Å². The molecule has 0 saturated heterocycles. The molecule has 0 saturated carbocycles. The Bertz CT molecular complexity index is 336. The van der Waals surface area contributed by atoms with E-state index in [0.717, 1.165) is 6.92 Å². The maximum atomic E-state index is 13.0. The van der Waals surface area contributed by atoms with E-state index in [-0.39, 0.29) is 11.8 Å². The lowest BCUT2D eigenvalue weighted by molar-refractivity contribution is -0.362. The second-order valence-corrected chi connectivity index (χ2v) is 5.10. The molecule has 0 rings (SSSR count). The zero-order chi connectivity index (χ0) is 15.7. The molecule has 0 N–H and O–H groups in total. The van der Waals surface area contributed by atoms with Crippen LogP contribution in [0.1, 0.15) is 20.3 Å². The molecule has 1 nitrogen and oxygen atoms in total. The molecule has 0 atom stereocenters. The number of rotatable bonds is 6. The zero-order valence-corrected chi connectivity index (χ0v) is 10.6. The van der Waals surface area contributed by atoms with E-state index in [1.807, 2.05) is 0 Å². The van der Waals surface area contributed by atoms with Crippen molar-refractivity contribution in [1.82, 2.24) is 0 Å². The molecule has 10 heteroatoms. The van der Waals surface area contributed by atoms with Crippen LogP contribution < -0.4 is 0 Å². The SMILES string of the molecule is CC(=O)SCCC(F)(F)C(F)(F)C(F)(F)C(C)(F)F. The fourth-order valence-electron chi connectivity index (χ4n) is 0.985. The van der Waals surface area contributed by atoms with E-state index in [4.69, 9.17) is 0 Å². The summed E-state index contributed by atoms with van der Waals surface area (Å²) in [6, 6.07) is 0. The van der Waals surface area contributed by atoms with Gasteiger partial charge in [0.05, 0.1) is 0 Å². The van der Waals surface area contributed by atoms with Gasteiger partial charge in [0.15, 0.2) is 5.12 Å². The van der Waals surface area contributed by atoms with Crippen molar-refractivity contribution in [2.45, 2.75) is 44.0 Å². The first-order chi connectivity index (χ1) is 8.17. The van der Waals surface area contributed by atoms with Crippen LogP contribution in [0, 0.1) is 0 Å². The summed E-state index contributed by atoms with van der Waals surface area (Å²) in [5.74, 6) is -24.0. The van der Waals surface area contributed by atoms with Crippen molar-refractivity contribution < 1.29 is 39.9 Å². The average molecular weight is 318 g/mol. The molecular weight excluding hydrogens is 308 g/mol. The van der Waals surface area contributed by atoms with Crippen molar-refractivity contribution in [2.24, 2.45) is 0 Å². The number of alkyl halides is 8. The van der Waals surface area contributed by atoms with Gasteiger partial charge in [0, 0.05) is 26.0 Å². The Morgan fingerprint density at radius 2 is 1.37 bits per heavy atom. The third-order valence-corrected chi connectivity index (χ3v) is 2.94. The molecular formula is C9H10F8OS. The molecule has 114 valence electrons. The monoisotopic (exact) mass is 318 g/mol. The van der Waals surface area contributed by atoms with Crippen LogP contribution in [0.2, 0.25) is 0 Å². The Hall–Kier alpha value is -0.540. The molecule has 0 aliphatic rings. The summed E-state index contributed by atoms with van der Waals surface area (Å²) < 4.78 is 102. The standard InChI is InChI=1S/C9H10F8OS/c1-5(18)19-4-3-7(12,13)9(16,17)8(14,15)6(2,10)11/h3-4H2,1-2H3. The van der Waals surface area contributed by atoms with Crippen LogP contribution >= 0.6 is 11.8 Å². The van der Waals surface area contributed by atoms with Crippen molar-refractivity contribution in [3.05, 3.63) is 0 Å². The number of halogens is 8. The molecule has 19 heavy (non-hydrogen) atoms. The maximum absolute atomic E-state index is 13.0. The quantitative estimate of drug-likeness (QED) is 0.682. The number of thioether (sulfide) groups is 1. The first kappa shape index (κ1) is 18.5. The van der Waals surface area contributed by atoms with E-state index in [0.29, 0.717) is 0 Å². The Morgan fingerprint density at radius 1 is 0.947 bits per heavy atom. The maximum Gasteiger partial charge on any atom is 0.378 e. The third kappa shape index (κ3) is 3.73. The zero-order valence-electron chi connectivity index (χ0n) is 9.75. The van der Waals surface area contributed by atoms with Crippen LogP contribution in [0.15, 0.2) is 0 Å². The smallest absolute Gasteiger partial charge is 0.288 e. The molecule has 0 radical (unpaired) electrons. The fourth-order valence-corrected chi connectivity index (χ4v) is 1.63. The van der Waals surface area contributed by atoms with Crippen molar-refractivity contribution in [3.63, 3.8) is 0 Å². The Balaban J connectivity index is 5.11. The molecule has 0 amide bonds. The third-order valence-electron chi connectivity index (χ3n) is 2.13. The topological polar surface area (TPSA) is 17.1 Å². The molecule has 0 fully saturated rings. The number of hydrogen-bond acceptors (Lipinski definition) is 2. The predicted octanol–water partition coefficient (Wildman–Crippen LogP) is 4.22. The van der Waals surface area contributed by atoms with Crippen LogP contribution in [0.5, 0.6) is 0 Å². The highest BCUT2D eigenvalue weighted by Crippen LogP contribution is 2.53. The van der Waals surface area contributed by atoms with E-state index in [1.54, 1.807) is 0 Å². The van der Waals surface area contributed by atoms with Gasteiger partial charge < -0.3 is 0 Å². The molecule has 0 aliphatic carbocycles. The molecule has 0 aromatic carbocycles. The molecule has 0 spiro atoms. The highest BCUT2D eigenvalue weighted by molar-refractivity contribution is 8.13. The van der Waals surface area contributed by atoms with Crippen LogP contribution in [-0.2, 0) is 4.79 Å². The van der Waals surface area contributed by atoms with Gasteiger partial charge in [-0.15, -0.1) is 0 Å². The second-order valence-electron chi connectivity index (χ2n) is 3.83. The highest BCUT2D eigenvalue weighted by Gasteiger charge is 2.78. The molecule has 0 heterocycles. The van der Waals surface area contributed by atoms with Gasteiger partial charge >= 0.3 is 23.7 Å². The lowest BCUT2D eigenvalue weighted by Gasteiger charge is -2.35. The van der Waals surface area contributed by atoms with E-state index in [1.165, 1.54) is 0 Å². The van der Waals surface area contributed by atoms with Crippen molar-refractivity contribution in [2.75, 3.05) is 5.75 Å². The van der Waals surface area contributed by atoms with Crippen molar-refractivity contribution in [3.8, 4) is 0 Å². The van der Waals surface area contributed by atoms with Gasteiger partial charge in [-0.2, -0.15) is 35.1 Å². The fraction of sp³-hybridized carbons (Fsp3) is 0.889. The highest BCUT2D eigenvalue weighted by atomic mass is 32.2. The number of hydrogen-bond donors (Lipinski definition) is 0. The summed E-state index contributed by atoms with van der Waals surface area (Å²) in [5.41, 5.74) is 0. The van der Waals surface area contributed by atoms with E-state index in [2.05, 4.69) is 0 Å². The normalized spacial score (nSPS) is 14.6. The molecule has 0 aromatic rings. The predicted molar refractivity (Wildman–Crippen MR) is 53.2 cm³/mol. The Morgan fingerprint density at radius 3 is 1.68 bits per heavy atom. The van der Waals surface area contributed by atoms with Crippen LogP contribution in [0.4, 0.5) is 35.1 Å². The van der Waals surface area contributed by atoms with Gasteiger partial charge in [0.2, 0.25) is 0 Å². The second kappa shape index (κ2) is 5.45. The van der Waals surface area contributed by atoms with Gasteiger partial charge in [0.25, 0.3) is 0 Å². The first-order valence-electron chi connectivity index (χ1n) is 4.81. The van der Waals surface area contributed by atoms with Gasteiger partial charge in [-0.05, 0) is 0 Å². The van der Waals surface area contributed by atoms with E-state index in [9.17, 15) is 39.9 Å². The van der Waals surface area contributed by atoms with Crippen LogP contribution in [0.25, 0.3) is 0 Å². The average Bonchev–Trinajstić information content (AvgIpc) is 2.14. The minimum Gasteiger partial charge on any atom is -0.288 e. The summed E-state index contributed by atoms with van der Waals surface area (Å²) >= 11 is 0.208. The van der Waals surface area contributed by atoms with E-state index >= 15 is 0 Å². The van der Waals surface area contributed by atoms with Crippen molar-refractivity contribution >= 4 is 16.9 Å². The number of carbonyl (C=O) groups excluding carboxylic acids is 1. The summed E-state index contributed by atoms with van der Waals surface area (Å²) in [4.78, 5) is 10.4. The Labute approximate surface area is 107 Å². The lowest BCUT2D eigenvalue weighted by Crippen LogP contribution is -2.61. The minimum atomic E-state index is -6.23. The summed E-state index contributed by atoms with van der Waals surface area (Å²) in [6.45, 7) is 0.386. The van der Waals surface area contributed by atoms with Gasteiger partial charge in [0.1, 0.15) is 0 Å². The van der Waals surface area contributed by atoms with Crippen molar-refractivity contribution in [1.29, 1.82) is 0 Å². The first-order valence-corrected chi connectivity index (χ1v) is 5.80. The molecule has 0 aliphatic heterocycles. The van der Waals surface area contributed by atoms with Crippen LogP contribution in [0.3, 0.4) is 0 Å². The summed E-state index contributed by atoms with van der Waals surface area (Å²) in [5, 5.41) is -0.688. The molecule has 0 aromatic heterocycles. The van der Waals surface area contributed by atoms with E-state index < -0.39 is 47.9 Å². The summed E-state index contributed by atoms with van der Waals surface area (Å²) in [6.07, 6.45) is -1.82. The van der Waals surface area contributed by atoms with Gasteiger partial charge in [-0.3, -0.25) is 4.79 Å². The number of carbonyl (C=O) groups is 1. The largest absolute Gasteiger partial charge is 0.378 e. The molecule has 0 unspecified atom stereocenters. The summed E-state index contributed by atoms with van der Waals surface area (Å²) in [7, 11) is 0.